The monoisotopic (exact) mass is 170 g/mol. The van der Waals surface area contributed by atoms with Crippen LogP contribution in [0.4, 0.5) is 0 Å². The van der Waals surface area contributed by atoms with Crippen LogP contribution in [0.2, 0.25) is 0 Å². The molecule has 1 aliphatic heterocycles. The van der Waals surface area contributed by atoms with Crippen LogP contribution in [0.15, 0.2) is 0 Å². The molecule has 1 aliphatic rings. The molecule has 12 heavy (non-hydrogen) atoms. The second kappa shape index (κ2) is 4.83. The van der Waals surface area contributed by atoms with Crippen molar-refractivity contribution in [3.8, 4) is 0 Å². The maximum atomic E-state index is 3.50. The Kier molecular flexibility index (Phi) is 4.02. The number of hydrogen-bond donors (Lipinski definition) is 1. The summed E-state index contributed by atoms with van der Waals surface area (Å²) in [5.41, 5.74) is 0. The van der Waals surface area contributed by atoms with Crippen LogP contribution in [-0.2, 0) is 0 Å². The molecule has 1 saturated heterocycles. The Hall–Kier alpha value is -0.0800. The zero-order chi connectivity index (χ0) is 8.97. The average molecular weight is 170 g/mol. The lowest BCUT2D eigenvalue weighted by atomic mass is 10.0. The maximum absolute atomic E-state index is 3.50. The Morgan fingerprint density at radius 1 is 1.42 bits per heavy atom. The first kappa shape index (κ1) is 10.0. The number of nitrogens with zero attached hydrogens (tertiary/aromatic N) is 1. The summed E-state index contributed by atoms with van der Waals surface area (Å²) in [6.45, 7) is 6.87. The van der Waals surface area contributed by atoms with Gasteiger partial charge >= 0.3 is 0 Å². The van der Waals surface area contributed by atoms with Gasteiger partial charge in [-0.2, -0.15) is 0 Å². The van der Waals surface area contributed by atoms with E-state index in [1.807, 2.05) is 0 Å². The van der Waals surface area contributed by atoms with E-state index < -0.39 is 0 Å². The van der Waals surface area contributed by atoms with E-state index in [1.54, 1.807) is 0 Å². The van der Waals surface area contributed by atoms with Gasteiger partial charge in [-0.3, -0.25) is 0 Å². The highest BCUT2D eigenvalue weighted by atomic mass is 15.2. The van der Waals surface area contributed by atoms with E-state index in [1.165, 1.54) is 25.8 Å². The molecule has 0 aliphatic carbocycles. The minimum Gasteiger partial charge on any atom is -0.313 e. The first-order chi connectivity index (χ1) is 5.70. The summed E-state index contributed by atoms with van der Waals surface area (Å²) >= 11 is 0. The van der Waals surface area contributed by atoms with Gasteiger partial charge in [0, 0.05) is 18.6 Å². The standard InChI is InChI=1S/C10H22N2/c1-9(2)11-8-10-6-4-5-7-12(10)3/h9-11H,4-8H2,1-3H3/t10-/m0/s1. The van der Waals surface area contributed by atoms with Crippen LogP contribution in [-0.4, -0.2) is 37.1 Å². The maximum Gasteiger partial charge on any atom is 0.0217 e. The Morgan fingerprint density at radius 2 is 2.17 bits per heavy atom. The molecule has 1 heterocycles. The van der Waals surface area contributed by atoms with Crippen molar-refractivity contribution < 1.29 is 0 Å². The molecule has 1 rings (SSSR count). The molecule has 1 fully saturated rings. The van der Waals surface area contributed by atoms with Crippen LogP contribution >= 0.6 is 0 Å². The Bertz CT molecular complexity index is 123. The predicted molar refractivity (Wildman–Crippen MR) is 53.4 cm³/mol. The molecule has 0 aromatic carbocycles. The molecule has 0 bridgehead atoms. The van der Waals surface area contributed by atoms with E-state index in [9.17, 15) is 0 Å². The largest absolute Gasteiger partial charge is 0.313 e. The first-order valence-electron chi connectivity index (χ1n) is 5.14. The molecular weight excluding hydrogens is 148 g/mol. The number of piperidine rings is 1. The van der Waals surface area contributed by atoms with E-state index in [-0.39, 0.29) is 0 Å². The minimum absolute atomic E-state index is 0.625. The third-order valence-corrected chi connectivity index (χ3v) is 2.68. The molecular formula is C10H22N2. The van der Waals surface area contributed by atoms with Crippen molar-refractivity contribution in [3.05, 3.63) is 0 Å². The Balaban J connectivity index is 2.20. The van der Waals surface area contributed by atoms with E-state index in [0.29, 0.717) is 6.04 Å². The highest BCUT2D eigenvalue weighted by molar-refractivity contribution is 4.76. The van der Waals surface area contributed by atoms with Crippen molar-refractivity contribution >= 4 is 0 Å². The topological polar surface area (TPSA) is 15.3 Å². The van der Waals surface area contributed by atoms with Crippen LogP contribution < -0.4 is 5.32 Å². The SMILES string of the molecule is CC(C)NC[C@@H]1CCCCN1C. The molecule has 0 aromatic rings. The molecule has 72 valence electrons. The van der Waals surface area contributed by atoms with Crippen molar-refractivity contribution in [2.24, 2.45) is 0 Å². The highest BCUT2D eigenvalue weighted by Gasteiger charge is 2.17. The second-order valence-electron chi connectivity index (χ2n) is 4.19. The molecule has 0 saturated carbocycles. The van der Waals surface area contributed by atoms with Gasteiger partial charge in [-0.15, -0.1) is 0 Å². The summed E-state index contributed by atoms with van der Waals surface area (Å²) in [5.74, 6) is 0. The van der Waals surface area contributed by atoms with E-state index in [0.717, 1.165) is 12.6 Å². The number of hydrogen-bond acceptors (Lipinski definition) is 2. The lowest BCUT2D eigenvalue weighted by Crippen LogP contribution is -2.44. The van der Waals surface area contributed by atoms with Gasteiger partial charge < -0.3 is 10.2 Å². The summed E-state index contributed by atoms with van der Waals surface area (Å²) in [5, 5.41) is 3.50. The van der Waals surface area contributed by atoms with Gasteiger partial charge in [-0.25, -0.2) is 0 Å². The molecule has 2 nitrogen and oxygen atoms in total. The van der Waals surface area contributed by atoms with Crippen molar-refractivity contribution in [3.63, 3.8) is 0 Å². The van der Waals surface area contributed by atoms with Crippen molar-refractivity contribution in [1.82, 2.24) is 10.2 Å². The minimum atomic E-state index is 0.625. The normalized spacial score (nSPS) is 26.5. The zero-order valence-corrected chi connectivity index (χ0v) is 8.64. The van der Waals surface area contributed by atoms with E-state index in [2.05, 4.69) is 31.1 Å². The number of likely N-dealkylation sites (tertiary alicyclic amines) is 1. The molecule has 0 radical (unpaired) electrons. The van der Waals surface area contributed by atoms with Crippen LogP contribution in [0.1, 0.15) is 33.1 Å². The first-order valence-corrected chi connectivity index (χ1v) is 5.14. The van der Waals surface area contributed by atoms with Gasteiger partial charge in [0.15, 0.2) is 0 Å². The smallest absolute Gasteiger partial charge is 0.0217 e. The zero-order valence-electron chi connectivity index (χ0n) is 8.64. The molecule has 0 unspecified atom stereocenters. The third-order valence-electron chi connectivity index (χ3n) is 2.68. The number of likely N-dealkylation sites (N-methyl/N-ethyl adjacent to an activating group) is 1. The summed E-state index contributed by atoms with van der Waals surface area (Å²) in [6.07, 6.45) is 4.17. The Morgan fingerprint density at radius 3 is 2.75 bits per heavy atom. The molecule has 0 spiro atoms. The van der Waals surface area contributed by atoms with Gasteiger partial charge in [0.05, 0.1) is 0 Å². The average Bonchev–Trinajstić information content (AvgIpc) is 2.03. The van der Waals surface area contributed by atoms with Crippen molar-refractivity contribution in [2.45, 2.75) is 45.2 Å². The fourth-order valence-corrected chi connectivity index (χ4v) is 1.77. The van der Waals surface area contributed by atoms with Gasteiger partial charge in [-0.1, -0.05) is 20.3 Å². The van der Waals surface area contributed by atoms with Crippen LogP contribution in [0.5, 0.6) is 0 Å². The quantitative estimate of drug-likeness (QED) is 0.690. The number of nitrogens with one attached hydrogen (secondary N) is 1. The van der Waals surface area contributed by atoms with E-state index in [4.69, 9.17) is 0 Å². The van der Waals surface area contributed by atoms with Gasteiger partial charge in [0.2, 0.25) is 0 Å². The molecule has 0 aromatic heterocycles. The second-order valence-corrected chi connectivity index (χ2v) is 4.19. The van der Waals surface area contributed by atoms with Gasteiger partial charge in [-0.05, 0) is 26.4 Å². The summed E-state index contributed by atoms with van der Waals surface area (Å²) in [7, 11) is 2.24. The summed E-state index contributed by atoms with van der Waals surface area (Å²) < 4.78 is 0. The van der Waals surface area contributed by atoms with Crippen LogP contribution in [0, 0.1) is 0 Å². The predicted octanol–water partition coefficient (Wildman–Crippen LogP) is 1.47. The summed E-state index contributed by atoms with van der Waals surface area (Å²) in [6, 6.07) is 1.40. The molecule has 1 atom stereocenters. The molecule has 0 amide bonds. The lowest BCUT2D eigenvalue weighted by Gasteiger charge is -2.33. The van der Waals surface area contributed by atoms with Crippen molar-refractivity contribution in [2.75, 3.05) is 20.1 Å². The molecule has 2 heteroatoms. The fourth-order valence-electron chi connectivity index (χ4n) is 1.77. The van der Waals surface area contributed by atoms with Gasteiger partial charge in [0.1, 0.15) is 0 Å². The highest BCUT2D eigenvalue weighted by Crippen LogP contribution is 2.13. The molecule has 1 N–H and O–H groups in total. The third kappa shape index (κ3) is 3.11. The summed E-state index contributed by atoms with van der Waals surface area (Å²) in [4.78, 5) is 2.48. The van der Waals surface area contributed by atoms with E-state index >= 15 is 0 Å². The number of rotatable bonds is 3. The Labute approximate surface area is 76.3 Å². The van der Waals surface area contributed by atoms with Gasteiger partial charge in [0.25, 0.3) is 0 Å². The van der Waals surface area contributed by atoms with Crippen LogP contribution in [0.3, 0.4) is 0 Å². The van der Waals surface area contributed by atoms with Crippen molar-refractivity contribution in [1.29, 1.82) is 0 Å². The fraction of sp³-hybridized carbons (Fsp3) is 1.00. The van der Waals surface area contributed by atoms with Crippen LogP contribution in [0.25, 0.3) is 0 Å². The lowest BCUT2D eigenvalue weighted by molar-refractivity contribution is 0.179.